The Morgan fingerprint density at radius 3 is 1.35 bits per heavy atom. The van der Waals surface area contributed by atoms with Crippen molar-refractivity contribution in [2.75, 3.05) is 13.6 Å². The van der Waals surface area contributed by atoms with E-state index in [2.05, 4.69) is 32.7 Å². The molecule has 20 heavy (non-hydrogen) atoms. The van der Waals surface area contributed by atoms with Crippen LogP contribution in [0.25, 0.3) is 0 Å². The van der Waals surface area contributed by atoms with E-state index in [1.807, 2.05) is 0 Å². The van der Waals surface area contributed by atoms with Crippen LogP contribution in [0, 0.1) is 0 Å². The van der Waals surface area contributed by atoms with Crippen LogP contribution in [0.5, 0.6) is 0 Å². The van der Waals surface area contributed by atoms with E-state index < -0.39 is 0 Å². The molecule has 0 N–H and O–H groups in total. The number of hydrogen-bond acceptors (Lipinski definition) is 1. The smallest absolute Gasteiger partial charge is 0.00355 e. The number of nitrogens with zero attached hydrogens (tertiary/aromatic N) is 1. The summed E-state index contributed by atoms with van der Waals surface area (Å²) in [4.78, 5) is 2.45. The standard InChI is InChI=1S/C18H39N.ClH/c1-5-6-7-8-9-10-11-12-13-14-15-16-17-19(4)18(2)3;/h18H,5-17H2,1-4H3;1H. The summed E-state index contributed by atoms with van der Waals surface area (Å²) in [5.41, 5.74) is 0. The van der Waals surface area contributed by atoms with E-state index in [1.54, 1.807) is 0 Å². The van der Waals surface area contributed by atoms with Crippen molar-refractivity contribution in [3.63, 3.8) is 0 Å². The van der Waals surface area contributed by atoms with Crippen molar-refractivity contribution in [1.82, 2.24) is 4.90 Å². The van der Waals surface area contributed by atoms with Gasteiger partial charge in [0.1, 0.15) is 0 Å². The highest BCUT2D eigenvalue weighted by atomic mass is 35.5. The van der Waals surface area contributed by atoms with Gasteiger partial charge in [0.25, 0.3) is 0 Å². The first-order chi connectivity index (χ1) is 9.18. The van der Waals surface area contributed by atoms with Gasteiger partial charge in [0.05, 0.1) is 0 Å². The zero-order valence-electron chi connectivity index (χ0n) is 14.6. The fourth-order valence-corrected chi connectivity index (χ4v) is 2.46. The highest BCUT2D eigenvalue weighted by Gasteiger charge is 2.01. The van der Waals surface area contributed by atoms with Crippen molar-refractivity contribution >= 4 is 12.4 Å². The molecule has 0 aliphatic rings. The molecule has 124 valence electrons. The average Bonchev–Trinajstić information content (AvgIpc) is 2.39. The largest absolute Gasteiger partial charge is 0.304 e. The summed E-state index contributed by atoms with van der Waals surface area (Å²) < 4.78 is 0. The molecule has 0 aromatic heterocycles. The molecule has 0 amide bonds. The zero-order chi connectivity index (χ0) is 14.3. The predicted octanol–water partition coefficient (Wildman–Crippen LogP) is 6.45. The summed E-state index contributed by atoms with van der Waals surface area (Å²) in [7, 11) is 2.24. The third-order valence-corrected chi connectivity index (χ3v) is 4.25. The van der Waals surface area contributed by atoms with Crippen molar-refractivity contribution in [3.05, 3.63) is 0 Å². The molecule has 2 heteroatoms. The van der Waals surface area contributed by atoms with E-state index >= 15 is 0 Å². The molecule has 0 atom stereocenters. The van der Waals surface area contributed by atoms with Crippen LogP contribution in [-0.2, 0) is 0 Å². The fraction of sp³-hybridized carbons (Fsp3) is 1.00. The van der Waals surface area contributed by atoms with Crippen molar-refractivity contribution in [2.24, 2.45) is 0 Å². The van der Waals surface area contributed by atoms with Crippen LogP contribution in [0.15, 0.2) is 0 Å². The Bertz CT molecular complexity index is 171. The molecule has 0 rings (SSSR count). The van der Waals surface area contributed by atoms with E-state index in [0.29, 0.717) is 6.04 Å². The molecule has 0 bridgehead atoms. The molecule has 0 aromatic carbocycles. The van der Waals surface area contributed by atoms with Crippen molar-refractivity contribution in [3.8, 4) is 0 Å². The Kier molecular flexibility index (Phi) is 19.5. The minimum atomic E-state index is 0. The molecular formula is C18H40ClN. The van der Waals surface area contributed by atoms with Crippen molar-refractivity contribution in [2.45, 2.75) is 104 Å². The summed E-state index contributed by atoms with van der Waals surface area (Å²) in [5, 5.41) is 0. The first-order valence-electron chi connectivity index (χ1n) is 8.88. The van der Waals surface area contributed by atoms with E-state index in [-0.39, 0.29) is 12.4 Å². The van der Waals surface area contributed by atoms with Gasteiger partial charge >= 0.3 is 0 Å². The second-order valence-electron chi connectivity index (χ2n) is 6.46. The Morgan fingerprint density at radius 1 is 0.650 bits per heavy atom. The maximum absolute atomic E-state index is 2.45. The van der Waals surface area contributed by atoms with Gasteiger partial charge in [0.15, 0.2) is 0 Å². The van der Waals surface area contributed by atoms with E-state index in [0.717, 1.165) is 0 Å². The number of rotatable bonds is 14. The normalized spacial score (nSPS) is 11.1. The number of hydrogen-bond donors (Lipinski definition) is 0. The second-order valence-corrected chi connectivity index (χ2v) is 6.46. The van der Waals surface area contributed by atoms with Gasteiger partial charge in [0, 0.05) is 6.04 Å². The number of unbranched alkanes of at least 4 members (excludes halogenated alkanes) is 11. The average molecular weight is 306 g/mol. The zero-order valence-corrected chi connectivity index (χ0v) is 15.4. The van der Waals surface area contributed by atoms with Crippen LogP contribution < -0.4 is 0 Å². The highest BCUT2D eigenvalue weighted by Crippen LogP contribution is 2.12. The van der Waals surface area contributed by atoms with E-state index in [4.69, 9.17) is 0 Å². The molecule has 0 saturated carbocycles. The van der Waals surface area contributed by atoms with Crippen LogP contribution >= 0.6 is 12.4 Å². The molecule has 0 saturated heterocycles. The Balaban J connectivity index is 0. The molecule has 0 radical (unpaired) electrons. The lowest BCUT2D eigenvalue weighted by atomic mass is 10.1. The minimum Gasteiger partial charge on any atom is -0.304 e. The quantitative estimate of drug-likeness (QED) is 0.333. The molecule has 0 aromatic rings. The second kappa shape index (κ2) is 17.3. The Hall–Kier alpha value is 0.250. The van der Waals surface area contributed by atoms with E-state index in [9.17, 15) is 0 Å². The lowest BCUT2D eigenvalue weighted by molar-refractivity contribution is 0.267. The van der Waals surface area contributed by atoms with E-state index in [1.165, 1.54) is 83.6 Å². The minimum absolute atomic E-state index is 0. The molecule has 0 fully saturated rings. The van der Waals surface area contributed by atoms with Gasteiger partial charge in [-0.15, -0.1) is 12.4 Å². The topological polar surface area (TPSA) is 3.24 Å². The summed E-state index contributed by atoms with van der Waals surface area (Å²) in [6, 6.07) is 0.702. The maximum atomic E-state index is 2.45. The van der Waals surface area contributed by atoms with Crippen LogP contribution in [0.1, 0.15) is 97.8 Å². The van der Waals surface area contributed by atoms with Gasteiger partial charge in [-0.25, -0.2) is 0 Å². The van der Waals surface area contributed by atoms with Crippen LogP contribution in [0.3, 0.4) is 0 Å². The first kappa shape index (κ1) is 22.5. The van der Waals surface area contributed by atoms with Crippen molar-refractivity contribution < 1.29 is 0 Å². The highest BCUT2D eigenvalue weighted by molar-refractivity contribution is 5.85. The lowest BCUT2D eigenvalue weighted by Gasteiger charge is -2.20. The van der Waals surface area contributed by atoms with Gasteiger partial charge in [-0.1, -0.05) is 77.6 Å². The van der Waals surface area contributed by atoms with Gasteiger partial charge < -0.3 is 4.90 Å². The van der Waals surface area contributed by atoms with Gasteiger partial charge in [-0.2, -0.15) is 0 Å². The SMILES string of the molecule is CCCCCCCCCCCCCCN(C)C(C)C.Cl. The molecule has 0 unspecified atom stereocenters. The lowest BCUT2D eigenvalue weighted by Crippen LogP contribution is -2.27. The molecule has 0 aliphatic carbocycles. The summed E-state index contributed by atoms with van der Waals surface area (Å²) >= 11 is 0. The van der Waals surface area contributed by atoms with Gasteiger partial charge in [-0.05, 0) is 33.9 Å². The third kappa shape index (κ3) is 16.3. The summed E-state index contributed by atoms with van der Waals surface area (Å²) in [5.74, 6) is 0. The molecule has 0 heterocycles. The molecule has 0 aliphatic heterocycles. The molecular weight excluding hydrogens is 266 g/mol. The van der Waals surface area contributed by atoms with Gasteiger partial charge in [-0.3, -0.25) is 0 Å². The summed E-state index contributed by atoms with van der Waals surface area (Å²) in [6.45, 7) is 8.12. The Labute approximate surface area is 135 Å². The van der Waals surface area contributed by atoms with Crippen LogP contribution in [-0.4, -0.2) is 24.5 Å². The molecule has 0 spiro atoms. The fourth-order valence-electron chi connectivity index (χ4n) is 2.46. The monoisotopic (exact) mass is 305 g/mol. The number of halogens is 1. The third-order valence-electron chi connectivity index (χ3n) is 4.25. The van der Waals surface area contributed by atoms with Crippen LogP contribution in [0.2, 0.25) is 0 Å². The first-order valence-corrected chi connectivity index (χ1v) is 8.88. The Morgan fingerprint density at radius 2 is 1.00 bits per heavy atom. The molecule has 1 nitrogen and oxygen atoms in total. The van der Waals surface area contributed by atoms with Crippen molar-refractivity contribution in [1.29, 1.82) is 0 Å². The summed E-state index contributed by atoms with van der Waals surface area (Å²) in [6.07, 6.45) is 17.3. The maximum Gasteiger partial charge on any atom is 0.00355 e. The van der Waals surface area contributed by atoms with Crippen LogP contribution in [0.4, 0.5) is 0 Å². The van der Waals surface area contributed by atoms with Gasteiger partial charge in [0.2, 0.25) is 0 Å². The predicted molar refractivity (Wildman–Crippen MR) is 96.1 cm³/mol.